The lowest BCUT2D eigenvalue weighted by molar-refractivity contribution is -0.107. The van der Waals surface area contributed by atoms with Crippen LogP contribution in [0.5, 0.6) is 17.4 Å². The highest BCUT2D eigenvalue weighted by atomic mass is 79.9. The van der Waals surface area contributed by atoms with Crippen molar-refractivity contribution in [3.63, 3.8) is 0 Å². The Morgan fingerprint density at radius 3 is 2.68 bits per heavy atom. The van der Waals surface area contributed by atoms with Crippen molar-refractivity contribution >= 4 is 33.1 Å². The number of pyridine rings is 1. The number of halogens is 1. The smallest absolute Gasteiger partial charge is 0.219 e. The first-order valence-electron chi connectivity index (χ1n) is 8.02. The Morgan fingerprint density at radius 1 is 1.12 bits per heavy atom. The minimum Gasteiger partial charge on any atom is -0.490 e. The van der Waals surface area contributed by atoms with Crippen molar-refractivity contribution in [1.29, 1.82) is 0 Å². The van der Waals surface area contributed by atoms with Crippen molar-refractivity contribution in [2.75, 3.05) is 0 Å². The number of rotatable bonds is 6. The summed E-state index contributed by atoms with van der Waals surface area (Å²) in [6, 6.07) is 15.1. The number of ether oxygens (including phenoxy) is 2. The van der Waals surface area contributed by atoms with Gasteiger partial charge in [0, 0.05) is 17.9 Å². The van der Waals surface area contributed by atoms with Crippen LogP contribution in [-0.4, -0.2) is 17.4 Å². The van der Waals surface area contributed by atoms with Gasteiger partial charge in [0.25, 0.3) is 0 Å². The third-order valence-electron chi connectivity index (χ3n) is 3.54. The van der Waals surface area contributed by atoms with Crippen molar-refractivity contribution in [2.45, 2.75) is 26.4 Å². The molecule has 5 heteroatoms. The zero-order chi connectivity index (χ0) is 17.8. The van der Waals surface area contributed by atoms with E-state index in [-0.39, 0.29) is 6.10 Å². The van der Waals surface area contributed by atoms with Crippen molar-refractivity contribution in [3.8, 4) is 17.4 Å². The van der Waals surface area contributed by atoms with Crippen molar-refractivity contribution in [2.24, 2.45) is 0 Å². The molecule has 0 aliphatic rings. The number of benzene rings is 2. The molecule has 4 nitrogen and oxygen atoms in total. The minimum absolute atomic E-state index is 0.106. The quantitative estimate of drug-likeness (QED) is 0.526. The lowest BCUT2D eigenvalue weighted by Crippen LogP contribution is -2.05. The van der Waals surface area contributed by atoms with Crippen LogP contribution in [-0.2, 0) is 11.2 Å². The van der Waals surface area contributed by atoms with Gasteiger partial charge in [0.2, 0.25) is 5.88 Å². The summed E-state index contributed by atoms with van der Waals surface area (Å²) >= 11 is 3.50. The largest absolute Gasteiger partial charge is 0.490 e. The van der Waals surface area contributed by atoms with Gasteiger partial charge >= 0.3 is 0 Å². The fourth-order valence-electron chi connectivity index (χ4n) is 2.45. The molecule has 0 atom stereocenters. The second-order valence-corrected chi connectivity index (χ2v) is 6.76. The van der Waals surface area contributed by atoms with E-state index in [1.807, 2.05) is 62.4 Å². The maximum Gasteiger partial charge on any atom is 0.219 e. The van der Waals surface area contributed by atoms with Crippen LogP contribution >= 0.6 is 15.9 Å². The third kappa shape index (κ3) is 4.37. The molecule has 3 rings (SSSR count). The van der Waals surface area contributed by atoms with Gasteiger partial charge in [-0.1, -0.05) is 6.07 Å². The second-order valence-electron chi connectivity index (χ2n) is 5.91. The van der Waals surface area contributed by atoms with Crippen LogP contribution in [0.15, 0.2) is 53.0 Å². The molecule has 0 unspecified atom stereocenters. The standard InChI is InChI=1S/C20H18BrNO3/c1-13(2)24-19-7-5-16(12-17(19)21)25-20-8-4-15-11-14(9-10-23)3-6-18(15)22-20/h3-8,10-13H,9H2,1-2H3. The Hall–Kier alpha value is -2.40. The molecule has 0 N–H and O–H groups in total. The zero-order valence-electron chi connectivity index (χ0n) is 14.0. The molecule has 3 aromatic rings. The fraction of sp³-hybridized carbons (Fsp3) is 0.200. The minimum atomic E-state index is 0.106. The number of carbonyl (C=O) groups is 1. The highest BCUT2D eigenvalue weighted by Crippen LogP contribution is 2.32. The molecule has 0 spiro atoms. The highest BCUT2D eigenvalue weighted by Gasteiger charge is 2.07. The summed E-state index contributed by atoms with van der Waals surface area (Å²) in [5.41, 5.74) is 1.80. The van der Waals surface area contributed by atoms with Crippen LogP contribution in [0, 0.1) is 0 Å². The normalized spacial score (nSPS) is 10.9. The molecule has 1 aromatic heterocycles. The summed E-state index contributed by atoms with van der Waals surface area (Å²) in [6.07, 6.45) is 1.42. The molecule has 25 heavy (non-hydrogen) atoms. The van der Waals surface area contributed by atoms with Gasteiger partial charge in [0.1, 0.15) is 17.8 Å². The van der Waals surface area contributed by atoms with E-state index < -0.39 is 0 Å². The first kappa shape index (κ1) is 17.4. The van der Waals surface area contributed by atoms with E-state index in [9.17, 15) is 4.79 Å². The summed E-state index contributed by atoms with van der Waals surface area (Å²) < 4.78 is 12.4. The number of carbonyl (C=O) groups excluding carboxylic acids is 1. The van der Waals surface area contributed by atoms with Crippen LogP contribution in [0.4, 0.5) is 0 Å². The summed E-state index contributed by atoms with van der Waals surface area (Å²) in [4.78, 5) is 15.1. The van der Waals surface area contributed by atoms with E-state index in [2.05, 4.69) is 20.9 Å². The summed E-state index contributed by atoms with van der Waals surface area (Å²) in [6.45, 7) is 3.97. The average Bonchev–Trinajstić information content (AvgIpc) is 2.57. The van der Waals surface area contributed by atoms with Crippen LogP contribution in [0.25, 0.3) is 10.9 Å². The Kier molecular flexibility index (Phi) is 5.34. The predicted molar refractivity (Wildman–Crippen MR) is 101 cm³/mol. The SMILES string of the molecule is CC(C)Oc1ccc(Oc2ccc3cc(CC=O)ccc3n2)cc1Br. The Morgan fingerprint density at radius 2 is 1.96 bits per heavy atom. The van der Waals surface area contributed by atoms with Gasteiger partial charge in [-0.2, -0.15) is 0 Å². The lowest BCUT2D eigenvalue weighted by atomic mass is 10.1. The lowest BCUT2D eigenvalue weighted by Gasteiger charge is -2.13. The van der Waals surface area contributed by atoms with Crippen molar-refractivity contribution in [3.05, 3.63) is 58.6 Å². The molecule has 2 aromatic carbocycles. The van der Waals surface area contributed by atoms with Gasteiger partial charge in [-0.25, -0.2) is 4.98 Å². The van der Waals surface area contributed by atoms with Crippen molar-refractivity contribution in [1.82, 2.24) is 4.98 Å². The van der Waals surface area contributed by atoms with Crippen molar-refractivity contribution < 1.29 is 14.3 Å². The predicted octanol–water partition coefficient (Wildman–Crippen LogP) is 5.32. The summed E-state index contributed by atoms with van der Waals surface area (Å²) in [5.74, 6) is 1.96. The van der Waals surface area contributed by atoms with Crippen LogP contribution in [0.2, 0.25) is 0 Å². The first-order valence-corrected chi connectivity index (χ1v) is 8.82. The number of hydrogen-bond acceptors (Lipinski definition) is 4. The molecule has 0 aliphatic heterocycles. The van der Waals surface area contributed by atoms with E-state index >= 15 is 0 Å². The van der Waals surface area contributed by atoms with Gasteiger partial charge in [-0.15, -0.1) is 0 Å². The molecule has 0 fully saturated rings. The molecular weight excluding hydrogens is 382 g/mol. The van der Waals surface area contributed by atoms with E-state index in [4.69, 9.17) is 9.47 Å². The highest BCUT2D eigenvalue weighted by molar-refractivity contribution is 9.10. The van der Waals surface area contributed by atoms with Gasteiger partial charge in [-0.3, -0.25) is 0 Å². The fourth-order valence-corrected chi connectivity index (χ4v) is 2.90. The molecular formula is C20H18BrNO3. The van der Waals surface area contributed by atoms with Crippen LogP contribution < -0.4 is 9.47 Å². The van der Waals surface area contributed by atoms with Gasteiger partial charge in [0.05, 0.1) is 16.1 Å². The maximum atomic E-state index is 10.6. The summed E-state index contributed by atoms with van der Waals surface area (Å²) in [5, 5.41) is 0.980. The van der Waals surface area contributed by atoms with E-state index in [1.165, 1.54) is 0 Å². The van der Waals surface area contributed by atoms with E-state index in [0.29, 0.717) is 18.1 Å². The van der Waals surface area contributed by atoms with Gasteiger partial charge in [0.15, 0.2) is 0 Å². The molecule has 0 aliphatic carbocycles. The number of aromatic nitrogens is 1. The zero-order valence-corrected chi connectivity index (χ0v) is 15.6. The maximum absolute atomic E-state index is 10.6. The average molecular weight is 400 g/mol. The molecule has 128 valence electrons. The van der Waals surface area contributed by atoms with Crippen LogP contribution in [0.3, 0.4) is 0 Å². The Balaban J connectivity index is 1.81. The molecule has 0 amide bonds. The number of fused-ring (bicyclic) bond motifs is 1. The first-order chi connectivity index (χ1) is 12.0. The molecule has 0 bridgehead atoms. The summed E-state index contributed by atoms with van der Waals surface area (Å²) in [7, 11) is 0. The molecule has 0 saturated heterocycles. The van der Waals surface area contributed by atoms with Crippen LogP contribution in [0.1, 0.15) is 19.4 Å². The monoisotopic (exact) mass is 399 g/mol. The number of aldehydes is 1. The third-order valence-corrected chi connectivity index (χ3v) is 4.16. The van der Waals surface area contributed by atoms with E-state index in [1.54, 1.807) is 0 Å². The second kappa shape index (κ2) is 7.66. The molecule has 0 radical (unpaired) electrons. The Bertz CT molecular complexity index is 909. The topological polar surface area (TPSA) is 48.4 Å². The van der Waals surface area contributed by atoms with Gasteiger partial charge in [-0.05, 0) is 71.7 Å². The number of hydrogen-bond donors (Lipinski definition) is 0. The molecule has 0 saturated carbocycles. The molecule has 1 heterocycles. The van der Waals surface area contributed by atoms with E-state index in [0.717, 1.165) is 33.0 Å². The number of nitrogens with zero attached hydrogens (tertiary/aromatic N) is 1. The Labute approximate surface area is 154 Å². The van der Waals surface area contributed by atoms with Gasteiger partial charge < -0.3 is 14.3 Å².